The second-order valence-corrected chi connectivity index (χ2v) is 6.14. The first-order valence-electron chi connectivity index (χ1n) is 8.14. The molecule has 5 nitrogen and oxygen atoms in total. The number of halogens is 5. The molecule has 0 unspecified atom stereocenters. The molecule has 1 amide bonds. The molecule has 144 valence electrons. The van der Waals surface area contributed by atoms with Crippen molar-refractivity contribution in [1.29, 1.82) is 0 Å². The van der Waals surface area contributed by atoms with Crippen molar-refractivity contribution in [3.63, 3.8) is 0 Å². The largest absolute Gasteiger partial charge is 0.433 e. The highest BCUT2D eigenvalue weighted by molar-refractivity contribution is 5.92. The van der Waals surface area contributed by atoms with Crippen molar-refractivity contribution in [1.82, 2.24) is 9.97 Å². The number of nitrogens with one attached hydrogen (secondary N) is 1. The molecule has 1 aliphatic rings. The summed E-state index contributed by atoms with van der Waals surface area (Å²) in [5.41, 5.74) is -0.877. The molecular formula is C17H15F5N4O. The molecule has 1 aliphatic heterocycles. The molecule has 1 aromatic heterocycles. The SMILES string of the molecule is O=C(Nc1ccc(F)c(F)c1)C1CCN(c2cc(C(F)(F)F)ncn2)CC1. The summed E-state index contributed by atoms with van der Waals surface area (Å²) in [6.45, 7) is 0.675. The van der Waals surface area contributed by atoms with Crippen molar-refractivity contribution in [2.24, 2.45) is 5.92 Å². The first kappa shape index (κ1) is 19.0. The molecule has 0 radical (unpaired) electrons. The van der Waals surface area contributed by atoms with Gasteiger partial charge in [-0.2, -0.15) is 13.2 Å². The van der Waals surface area contributed by atoms with Gasteiger partial charge in [0.1, 0.15) is 17.8 Å². The smallest absolute Gasteiger partial charge is 0.356 e. The second-order valence-electron chi connectivity index (χ2n) is 6.14. The molecule has 0 saturated carbocycles. The zero-order valence-electron chi connectivity index (χ0n) is 13.9. The van der Waals surface area contributed by atoms with Crippen molar-refractivity contribution in [3.8, 4) is 0 Å². The molecule has 1 aromatic carbocycles. The summed E-state index contributed by atoms with van der Waals surface area (Å²) in [6, 6.07) is 3.94. The molecule has 0 bridgehead atoms. The van der Waals surface area contributed by atoms with E-state index in [2.05, 4.69) is 15.3 Å². The third-order valence-corrected chi connectivity index (χ3v) is 4.32. The number of piperidine rings is 1. The van der Waals surface area contributed by atoms with Gasteiger partial charge in [0.2, 0.25) is 5.91 Å². The van der Waals surface area contributed by atoms with E-state index in [9.17, 15) is 26.7 Å². The minimum absolute atomic E-state index is 0.145. The third kappa shape index (κ3) is 4.50. The minimum atomic E-state index is -4.56. The molecule has 2 heterocycles. The summed E-state index contributed by atoms with van der Waals surface area (Å²) in [4.78, 5) is 21.0. The van der Waals surface area contributed by atoms with Crippen molar-refractivity contribution in [3.05, 3.63) is 47.9 Å². The zero-order valence-corrected chi connectivity index (χ0v) is 13.9. The van der Waals surface area contributed by atoms with Gasteiger partial charge in [-0.25, -0.2) is 18.7 Å². The van der Waals surface area contributed by atoms with E-state index in [0.717, 1.165) is 24.5 Å². The number of aromatic nitrogens is 2. The lowest BCUT2D eigenvalue weighted by molar-refractivity contribution is -0.141. The van der Waals surface area contributed by atoms with Crippen molar-refractivity contribution >= 4 is 17.4 Å². The molecule has 10 heteroatoms. The van der Waals surface area contributed by atoms with Crippen LogP contribution in [-0.4, -0.2) is 29.0 Å². The molecule has 0 spiro atoms. The van der Waals surface area contributed by atoms with Gasteiger partial charge < -0.3 is 10.2 Å². The maximum Gasteiger partial charge on any atom is 0.433 e. The highest BCUT2D eigenvalue weighted by Gasteiger charge is 2.34. The summed E-state index contributed by atoms with van der Waals surface area (Å²) < 4.78 is 64.4. The fourth-order valence-corrected chi connectivity index (χ4v) is 2.86. The molecule has 1 N–H and O–H groups in total. The Balaban J connectivity index is 1.60. The Kier molecular flexibility index (Phi) is 5.24. The predicted molar refractivity (Wildman–Crippen MR) is 87.0 cm³/mol. The number of amides is 1. The Morgan fingerprint density at radius 1 is 1.07 bits per heavy atom. The lowest BCUT2D eigenvalue weighted by Crippen LogP contribution is -2.38. The molecule has 3 rings (SSSR count). The van der Waals surface area contributed by atoms with Crippen LogP contribution in [-0.2, 0) is 11.0 Å². The van der Waals surface area contributed by atoms with Crippen LogP contribution in [0.1, 0.15) is 18.5 Å². The standard InChI is InChI=1S/C17H15F5N4O/c18-12-2-1-11(7-13(12)19)25-16(27)10-3-5-26(6-4-10)15-8-14(17(20,21)22)23-9-24-15/h1-2,7-10H,3-6H2,(H,25,27). The number of hydrogen-bond acceptors (Lipinski definition) is 4. The highest BCUT2D eigenvalue weighted by atomic mass is 19.4. The van der Waals surface area contributed by atoms with Gasteiger partial charge in [-0.3, -0.25) is 4.79 Å². The average Bonchev–Trinajstić information content (AvgIpc) is 2.64. The van der Waals surface area contributed by atoms with E-state index in [4.69, 9.17) is 0 Å². The quantitative estimate of drug-likeness (QED) is 0.819. The number of alkyl halides is 3. The minimum Gasteiger partial charge on any atom is -0.356 e. The van der Waals surface area contributed by atoms with Crippen LogP contribution in [0.4, 0.5) is 33.5 Å². The van der Waals surface area contributed by atoms with E-state index >= 15 is 0 Å². The van der Waals surface area contributed by atoms with E-state index in [1.807, 2.05) is 0 Å². The van der Waals surface area contributed by atoms with Gasteiger partial charge in [0.05, 0.1) is 0 Å². The van der Waals surface area contributed by atoms with E-state index in [1.54, 1.807) is 4.90 Å². The van der Waals surface area contributed by atoms with Crippen LogP contribution in [0.3, 0.4) is 0 Å². The van der Waals surface area contributed by atoms with Gasteiger partial charge in [0.25, 0.3) is 0 Å². The molecule has 0 aliphatic carbocycles. The Hall–Kier alpha value is -2.78. The first-order chi connectivity index (χ1) is 12.7. The summed E-state index contributed by atoms with van der Waals surface area (Å²) in [6.07, 6.45) is -2.91. The van der Waals surface area contributed by atoms with Crippen molar-refractivity contribution in [2.75, 3.05) is 23.3 Å². The average molecular weight is 386 g/mol. The van der Waals surface area contributed by atoms with Crippen LogP contribution >= 0.6 is 0 Å². The lowest BCUT2D eigenvalue weighted by Gasteiger charge is -2.32. The van der Waals surface area contributed by atoms with Crippen LogP contribution in [0, 0.1) is 17.6 Å². The van der Waals surface area contributed by atoms with E-state index in [1.165, 1.54) is 6.07 Å². The van der Waals surface area contributed by atoms with E-state index in [0.29, 0.717) is 25.9 Å². The van der Waals surface area contributed by atoms with E-state index in [-0.39, 0.29) is 17.4 Å². The fraction of sp³-hybridized carbons (Fsp3) is 0.353. The summed E-state index contributed by atoms with van der Waals surface area (Å²) >= 11 is 0. The lowest BCUT2D eigenvalue weighted by atomic mass is 9.95. The summed E-state index contributed by atoms with van der Waals surface area (Å²) in [7, 11) is 0. The monoisotopic (exact) mass is 386 g/mol. The second kappa shape index (κ2) is 7.45. The van der Waals surface area contributed by atoms with Crippen molar-refractivity contribution in [2.45, 2.75) is 19.0 Å². The third-order valence-electron chi connectivity index (χ3n) is 4.32. The topological polar surface area (TPSA) is 58.1 Å². The molecule has 2 aromatic rings. The van der Waals surface area contributed by atoms with Crippen LogP contribution < -0.4 is 10.2 Å². The molecule has 27 heavy (non-hydrogen) atoms. The van der Waals surface area contributed by atoms with Crippen LogP contribution in [0.2, 0.25) is 0 Å². The van der Waals surface area contributed by atoms with Gasteiger partial charge in [0, 0.05) is 36.8 Å². The first-order valence-corrected chi connectivity index (χ1v) is 8.14. The molecule has 1 fully saturated rings. The van der Waals surface area contributed by atoms with Gasteiger partial charge in [-0.05, 0) is 25.0 Å². The van der Waals surface area contributed by atoms with Gasteiger partial charge in [-0.1, -0.05) is 0 Å². The van der Waals surface area contributed by atoms with Gasteiger partial charge in [0.15, 0.2) is 11.6 Å². The Morgan fingerprint density at radius 2 is 1.78 bits per heavy atom. The summed E-state index contributed by atoms with van der Waals surface area (Å²) in [5.74, 6) is -2.66. The highest BCUT2D eigenvalue weighted by Crippen LogP contribution is 2.30. The Bertz CT molecular complexity index is 834. The molecular weight excluding hydrogens is 371 g/mol. The number of anilines is 2. The maximum atomic E-state index is 13.2. The number of rotatable bonds is 3. The number of hydrogen-bond donors (Lipinski definition) is 1. The van der Waals surface area contributed by atoms with E-state index < -0.39 is 29.4 Å². The van der Waals surface area contributed by atoms with Gasteiger partial charge >= 0.3 is 6.18 Å². The van der Waals surface area contributed by atoms with Crippen LogP contribution in [0.15, 0.2) is 30.6 Å². The predicted octanol–water partition coefficient (Wildman–Crippen LogP) is 3.63. The van der Waals surface area contributed by atoms with Crippen molar-refractivity contribution < 1.29 is 26.7 Å². The normalized spacial score (nSPS) is 15.7. The number of benzene rings is 1. The Labute approximate surface area is 151 Å². The van der Waals surface area contributed by atoms with Gasteiger partial charge in [-0.15, -0.1) is 0 Å². The Morgan fingerprint density at radius 3 is 2.41 bits per heavy atom. The zero-order chi connectivity index (χ0) is 19.6. The fourth-order valence-electron chi connectivity index (χ4n) is 2.86. The number of nitrogens with zero attached hydrogens (tertiary/aromatic N) is 3. The van der Waals surface area contributed by atoms with Crippen LogP contribution in [0.5, 0.6) is 0 Å². The maximum absolute atomic E-state index is 13.2. The summed E-state index contributed by atoms with van der Waals surface area (Å²) in [5, 5.41) is 2.52. The molecule has 0 atom stereocenters. The van der Waals surface area contributed by atoms with Crippen LogP contribution in [0.25, 0.3) is 0 Å². The number of carbonyl (C=O) groups excluding carboxylic acids is 1. The molecule has 1 saturated heterocycles. The number of carbonyl (C=O) groups is 1.